The molecule has 0 aliphatic carbocycles. The first-order valence-corrected chi connectivity index (χ1v) is 6.98. The SMILES string of the molecule is CCN(CC)C(=O)C(C)Nc1nc(C(=O)O)c(C)s1. The second kappa shape index (κ2) is 6.51. The molecule has 0 saturated carbocycles. The first kappa shape index (κ1) is 15.4. The van der Waals surface area contributed by atoms with Crippen molar-refractivity contribution in [3.8, 4) is 0 Å². The minimum Gasteiger partial charge on any atom is -0.476 e. The van der Waals surface area contributed by atoms with Crippen LogP contribution in [0.1, 0.15) is 36.1 Å². The van der Waals surface area contributed by atoms with E-state index in [1.807, 2.05) is 13.8 Å². The van der Waals surface area contributed by atoms with Gasteiger partial charge in [-0.05, 0) is 27.7 Å². The van der Waals surface area contributed by atoms with Crippen molar-refractivity contribution in [2.45, 2.75) is 33.7 Å². The Kier molecular flexibility index (Phi) is 5.29. The molecule has 1 aromatic heterocycles. The number of carboxylic acid groups (broad SMARTS) is 1. The molecular formula is C12H19N3O3S. The predicted molar refractivity (Wildman–Crippen MR) is 74.8 cm³/mol. The maximum absolute atomic E-state index is 12.1. The summed E-state index contributed by atoms with van der Waals surface area (Å²) in [5, 5.41) is 12.3. The van der Waals surface area contributed by atoms with Crippen LogP contribution in [0.2, 0.25) is 0 Å². The van der Waals surface area contributed by atoms with Crippen molar-refractivity contribution in [1.29, 1.82) is 0 Å². The molecule has 0 spiro atoms. The Bertz CT molecular complexity index is 469. The van der Waals surface area contributed by atoms with Gasteiger partial charge in [0.15, 0.2) is 10.8 Å². The largest absolute Gasteiger partial charge is 0.476 e. The smallest absolute Gasteiger partial charge is 0.355 e. The van der Waals surface area contributed by atoms with E-state index >= 15 is 0 Å². The van der Waals surface area contributed by atoms with Crippen LogP contribution in [0, 0.1) is 6.92 Å². The molecule has 6 nitrogen and oxygen atoms in total. The third-order valence-corrected chi connectivity index (χ3v) is 3.69. The molecule has 0 saturated heterocycles. The molecule has 106 valence electrons. The molecule has 1 rings (SSSR count). The predicted octanol–water partition coefficient (Wildman–Crippen LogP) is 1.82. The lowest BCUT2D eigenvalue weighted by molar-refractivity contribution is -0.131. The van der Waals surface area contributed by atoms with Crippen LogP contribution in [-0.4, -0.2) is 46.0 Å². The van der Waals surface area contributed by atoms with Gasteiger partial charge in [-0.1, -0.05) is 0 Å². The van der Waals surface area contributed by atoms with Gasteiger partial charge in [0.1, 0.15) is 6.04 Å². The standard InChI is InChI=1S/C12H19N3O3S/c1-5-15(6-2)10(16)7(3)13-12-14-9(11(17)18)8(4)19-12/h7H,5-6H2,1-4H3,(H,13,14)(H,17,18). The monoisotopic (exact) mass is 285 g/mol. The zero-order valence-corrected chi connectivity index (χ0v) is 12.4. The molecule has 2 N–H and O–H groups in total. The zero-order chi connectivity index (χ0) is 14.6. The summed E-state index contributed by atoms with van der Waals surface area (Å²) in [6, 6.07) is -0.424. The van der Waals surface area contributed by atoms with Crippen LogP contribution < -0.4 is 5.32 Å². The molecule has 0 aliphatic rings. The summed E-state index contributed by atoms with van der Waals surface area (Å²) < 4.78 is 0. The van der Waals surface area contributed by atoms with Gasteiger partial charge in [0.05, 0.1) is 0 Å². The van der Waals surface area contributed by atoms with Crippen LogP contribution in [0.15, 0.2) is 0 Å². The molecule has 1 amide bonds. The highest BCUT2D eigenvalue weighted by atomic mass is 32.1. The van der Waals surface area contributed by atoms with Crippen molar-refractivity contribution in [3.63, 3.8) is 0 Å². The number of carbonyl (C=O) groups is 2. The molecule has 0 bridgehead atoms. The van der Waals surface area contributed by atoms with Crippen LogP contribution in [0.5, 0.6) is 0 Å². The minimum atomic E-state index is -1.05. The number of likely N-dealkylation sites (N-methyl/N-ethyl adjacent to an activating group) is 1. The lowest BCUT2D eigenvalue weighted by atomic mass is 10.3. The van der Waals surface area contributed by atoms with Crippen molar-refractivity contribution < 1.29 is 14.7 Å². The molecule has 7 heteroatoms. The van der Waals surface area contributed by atoms with Gasteiger partial charge in [-0.3, -0.25) is 4.79 Å². The van der Waals surface area contributed by atoms with Gasteiger partial charge in [-0.15, -0.1) is 11.3 Å². The Morgan fingerprint density at radius 1 is 1.42 bits per heavy atom. The summed E-state index contributed by atoms with van der Waals surface area (Å²) >= 11 is 1.24. The fourth-order valence-corrected chi connectivity index (χ4v) is 2.60. The number of carbonyl (C=O) groups excluding carboxylic acids is 1. The Hall–Kier alpha value is -1.63. The summed E-state index contributed by atoms with van der Waals surface area (Å²) in [4.78, 5) is 29.3. The van der Waals surface area contributed by atoms with Crippen LogP contribution in [0.3, 0.4) is 0 Å². The lowest BCUT2D eigenvalue weighted by Gasteiger charge is -2.23. The van der Waals surface area contributed by atoms with E-state index in [0.717, 1.165) is 0 Å². The number of carboxylic acids is 1. The van der Waals surface area contributed by atoms with Crippen molar-refractivity contribution >= 4 is 28.3 Å². The van der Waals surface area contributed by atoms with Crippen molar-refractivity contribution in [2.24, 2.45) is 0 Å². The third-order valence-electron chi connectivity index (χ3n) is 2.78. The van der Waals surface area contributed by atoms with Crippen LogP contribution in [0.25, 0.3) is 0 Å². The quantitative estimate of drug-likeness (QED) is 0.833. The number of aromatic nitrogens is 1. The Balaban J connectivity index is 2.77. The van der Waals surface area contributed by atoms with Gasteiger partial charge in [-0.2, -0.15) is 0 Å². The second-order valence-electron chi connectivity index (χ2n) is 4.11. The normalized spacial score (nSPS) is 12.0. The number of rotatable bonds is 6. The highest BCUT2D eigenvalue weighted by Gasteiger charge is 2.20. The number of aromatic carboxylic acids is 1. The number of hydrogen-bond acceptors (Lipinski definition) is 5. The molecule has 0 fully saturated rings. The maximum atomic E-state index is 12.1. The molecular weight excluding hydrogens is 266 g/mol. The van der Waals surface area contributed by atoms with E-state index in [9.17, 15) is 9.59 Å². The van der Waals surface area contributed by atoms with Gasteiger partial charge >= 0.3 is 5.97 Å². The molecule has 0 radical (unpaired) electrons. The molecule has 19 heavy (non-hydrogen) atoms. The first-order chi connectivity index (χ1) is 8.90. The first-order valence-electron chi connectivity index (χ1n) is 6.16. The van der Waals surface area contributed by atoms with Gasteiger partial charge in [-0.25, -0.2) is 9.78 Å². The number of nitrogens with one attached hydrogen (secondary N) is 1. The van der Waals surface area contributed by atoms with E-state index in [-0.39, 0.29) is 11.6 Å². The summed E-state index contributed by atoms with van der Waals surface area (Å²) in [6.45, 7) is 8.59. The van der Waals surface area contributed by atoms with Gasteiger partial charge < -0.3 is 15.3 Å². The van der Waals surface area contributed by atoms with E-state index in [1.54, 1.807) is 18.7 Å². The van der Waals surface area contributed by atoms with E-state index in [1.165, 1.54) is 11.3 Å². The van der Waals surface area contributed by atoms with Crippen LogP contribution in [0.4, 0.5) is 5.13 Å². The number of nitrogens with zero attached hydrogens (tertiary/aromatic N) is 2. The average Bonchev–Trinajstić information content (AvgIpc) is 2.71. The topological polar surface area (TPSA) is 82.5 Å². The van der Waals surface area contributed by atoms with E-state index < -0.39 is 12.0 Å². The number of anilines is 1. The number of aryl methyl sites for hydroxylation is 1. The zero-order valence-electron chi connectivity index (χ0n) is 11.6. The third kappa shape index (κ3) is 3.66. The lowest BCUT2D eigenvalue weighted by Crippen LogP contribution is -2.41. The highest BCUT2D eigenvalue weighted by molar-refractivity contribution is 7.15. The van der Waals surface area contributed by atoms with Gasteiger partial charge in [0.2, 0.25) is 5.91 Å². The fourth-order valence-electron chi connectivity index (χ4n) is 1.71. The molecule has 1 aromatic rings. The van der Waals surface area contributed by atoms with Crippen LogP contribution >= 0.6 is 11.3 Å². The fraction of sp³-hybridized carbons (Fsp3) is 0.583. The molecule has 1 unspecified atom stereocenters. The number of hydrogen-bond donors (Lipinski definition) is 2. The highest BCUT2D eigenvalue weighted by Crippen LogP contribution is 2.22. The van der Waals surface area contributed by atoms with Crippen molar-refractivity contribution in [3.05, 3.63) is 10.6 Å². The molecule has 0 aliphatic heterocycles. The van der Waals surface area contributed by atoms with Gasteiger partial charge in [0.25, 0.3) is 0 Å². The van der Waals surface area contributed by atoms with E-state index in [2.05, 4.69) is 10.3 Å². The summed E-state index contributed by atoms with van der Waals surface area (Å²) in [6.07, 6.45) is 0. The molecule has 1 heterocycles. The van der Waals surface area contributed by atoms with Gasteiger partial charge in [0, 0.05) is 18.0 Å². The maximum Gasteiger partial charge on any atom is 0.355 e. The Morgan fingerprint density at radius 3 is 2.42 bits per heavy atom. The Labute approximate surface area is 116 Å². The summed E-state index contributed by atoms with van der Waals surface area (Å²) in [5.41, 5.74) is 0.0370. The van der Waals surface area contributed by atoms with Crippen molar-refractivity contribution in [1.82, 2.24) is 9.88 Å². The molecule has 0 aromatic carbocycles. The van der Waals surface area contributed by atoms with Crippen molar-refractivity contribution in [2.75, 3.05) is 18.4 Å². The number of thiazole rings is 1. The summed E-state index contributed by atoms with van der Waals surface area (Å²) in [5.74, 6) is -1.07. The summed E-state index contributed by atoms with van der Waals surface area (Å²) in [7, 11) is 0. The minimum absolute atomic E-state index is 0.0188. The second-order valence-corrected chi connectivity index (χ2v) is 5.31. The Morgan fingerprint density at radius 2 is 2.00 bits per heavy atom. The van der Waals surface area contributed by atoms with E-state index in [4.69, 9.17) is 5.11 Å². The number of amides is 1. The van der Waals surface area contributed by atoms with E-state index in [0.29, 0.717) is 23.1 Å². The van der Waals surface area contributed by atoms with Crippen LogP contribution in [-0.2, 0) is 4.79 Å². The average molecular weight is 285 g/mol. The molecule has 1 atom stereocenters.